The Morgan fingerprint density at radius 2 is 2.25 bits per heavy atom. The van der Waals surface area contributed by atoms with E-state index >= 15 is 0 Å². The minimum atomic E-state index is 0.00285. The molecule has 0 spiro atoms. The maximum Gasteiger partial charge on any atom is 0.229 e. The molecule has 0 N–H and O–H groups in total. The highest BCUT2D eigenvalue weighted by atomic mass is 16.2. The lowest BCUT2D eigenvalue weighted by Crippen LogP contribution is -2.26. The van der Waals surface area contributed by atoms with Gasteiger partial charge in [-0.3, -0.25) is 9.69 Å². The van der Waals surface area contributed by atoms with Crippen LogP contribution in [0.15, 0.2) is 6.07 Å². The number of carbonyl (C=O) groups excluding carboxylic acids is 1. The number of carbonyl (C=O) groups is 1. The van der Waals surface area contributed by atoms with Gasteiger partial charge in [-0.15, -0.1) is 12.3 Å². The maximum atomic E-state index is 11.7. The quantitative estimate of drug-likeness (QED) is 0.658. The first kappa shape index (κ1) is 10.6. The van der Waals surface area contributed by atoms with Crippen molar-refractivity contribution in [1.82, 2.24) is 9.97 Å². The van der Waals surface area contributed by atoms with Gasteiger partial charge in [0.1, 0.15) is 11.6 Å². The Labute approximate surface area is 94.7 Å². The minimum absolute atomic E-state index is 0.00285. The zero-order valence-electron chi connectivity index (χ0n) is 9.40. The lowest BCUT2D eigenvalue weighted by atomic mass is 10.1. The van der Waals surface area contributed by atoms with Gasteiger partial charge in [-0.25, -0.2) is 9.97 Å². The summed E-state index contributed by atoms with van der Waals surface area (Å²) in [4.78, 5) is 21.8. The monoisotopic (exact) mass is 215 g/mol. The van der Waals surface area contributed by atoms with Gasteiger partial charge < -0.3 is 0 Å². The fourth-order valence-corrected chi connectivity index (χ4v) is 1.88. The van der Waals surface area contributed by atoms with Crippen molar-refractivity contribution in [3.63, 3.8) is 0 Å². The highest BCUT2D eigenvalue weighted by Crippen LogP contribution is 2.23. The number of aryl methyl sites for hydroxylation is 2. The van der Waals surface area contributed by atoms with Crippen molar-refractivity contribution < 1.29 is 4.79 Å². The van der Waals surface area contributed by atoms with Gasteiger partial charge >= 0.3 is 0 Å². The van der Waals surface area contributed by atoms with Crippen molar-refractivity contribution >= 4 is 11.7 Å². The largest absolute Gasteiger partial charge is 0.295 e. The van der Waals surface area contributed by atoms with Crippen molar-refractivity contribution in [2.24, 2.45) is 5.92 Å². The average Bonchev–Trinajstić information content (AvgIpc) is 2.58. The molecule has 0 aliphatic carbocycles. The zero-order chi connectivity index (χ0) is 11.7. The number of amides is 1. The standard InChI is InChI=1S/C12H13N3O/c1-4-10-6-12(16)15(7-10)11-5-8(2)13-9(3)14-11/h1,5,10H,6-7H2,2-3H3. The van der Waals surface area contributed by atoms with Crippen LogP contribution < -0.4 is 4.90 Å². The van der Waals surface area contributed by atoms with Gasteiger partial charge in [-0.1, -0.05) is 0 Å². The van der Waals surface area contributed by atoms with Crippen molar-refractivity contribution in [2.45, 2.75) is 20.3 Å². The van der Waals surface area contributed by atoms with E-state index in [0.29, 0.717) is 24.6 Å². The highest BCUT2D eigenvalue weighted by molar-refractivity contribution is 5.95. The van der Waals surface area contributed by atoms with E-state index < -0.39 is 0 Å². The molecule has 4 nitrogen and oxygen atoms in total. The van der Waals surface area contributed by atoms with E-state index in [-0.39, 0.29) is 11.8 Å². The number of rotatable bonds is 1. The number of aromatic nitrogens is 2. The second-order valence-corrected chi connectivity index (χ2v) is 3.99. The molecule has 1 aliphatic rings. The molecule has 4 heteroatoms. The third-order valence-electron chi connectivity index (χ3n) is 2.59. The Kier molecular flexibility index (Phi) is 2.61. The normalized spacial score (nSPS) is 19.9. The predicted molar refractivity (Wildman–Crippen MR) is 60.8 cm³/mol. The van der Waals surface area contributed by atoms with Crippen LogP contribution in [-0.4, -0.2) is 22.4 Å². The fourth-order valence-electron chi connectivity index (χ4n) is 1.88. The summed E-state index contributed by atoms with van der Waals surface area (Å²) in [6.07, 6.45) is 5.75. The number of anilines is 1. The second kappa shape index (κ2) is 3.93. The molecule has 2 heterocycles. The lowest BCUT2D eigenvalue weighted by Gasteiger charge is -2.15. The first-order valence-corrected chi connectivity index (χ1v) is 5.19. The summed E-state index contributed by atoms with van der Waals surface area (Å²) in [6, 6.07) is 1.81. The van der Waals surface area contributed by atoms with Gasteiger partial charge in [-0.05, 0) is 13.8 Å². The summed E-state index contributed by atoms with van der Waals surface area (Å²) in [5.41, 5.74) is 0.861. The number of nitrogens with zero attached hydrogens (tertiary/aromatic N) is 3. The lowest BCUT2D eigenvalue weighted by molar-refractivity contribution is -0.117. The van der Waals surface area contributed by atoms with E-state index in [2.05, 4.69) is 15.9 Å². The molecule has 0 bridgehead atoms. The average molecular weight is 215 g/mol. The Morgan fingerprint density at radius 3 is 2.81 bits per heavy atom. The molecule has 82 valence electrons. The van der Waals surface area contributed by atoms with Gasteiger partial charge in [0.2, 0.25) is 5.91 Å². The molecular weight excluding hydrogens is 202 g/mol. The van der Waals surface area contributed by atoms with E-state index in [0.717, 1.165) is 5.69 Å². The molecule has 1 aromatic heterocycles. The van der Waals surface area contributed by atoms with Crippen molar-refractivity contribution in [1.29, 1.82) is 0 Å². The molecule has 0 radical (unpaired) electrons. The van der Waals surface area contributed by atoms with Crippen LogP contribution in [0.5, 0.6) is 0 Å². The molecular formula is C12H13N3O. The molecule has 0 aromatic carbocycles. The zero-order valence-corrected chi connectivity index (χ0v) is 9.40. The van der Waals surface area contributed by atoms with Crippen LogP contribution in [0.25, 0.3) is 0 Å². The smallest absolute Gasteiger partial charge is 0.229 e. The summed E-state index contributed by atoms with van der Waals surface area (Å²) < 4.78 is 0. The van der Waals surface area contributed by atoms with Crippen molar-refractivity contribution in [3.05, 3.63) is 17.6 Å². The van der Waals surface area contributed by atoms with E-state index in [1.54, 1.807) is 4.90 Å². The molecule has 1 aliphatic heterocycles. The maximum absolute atomic E-state index is 11.7. The van der Waals surface area contributed by atoms with Crippen molar-refractivity contribution in [2.75, 3.05) is 11.4 Å². The molecule has 1 amide bonds. The van der Waals surface area contributed by atoms with Gasteiger partial charge in [0.05, 0.1) is 0 Å². The second-order valence-electron chi connectivity index (χ2n) is 3.99. The number of hydrogen-bond acceptors (Lipinski definition) is 3. The Bertz CT molecular complexity index is 455. The molecule has 16 heavy (non-hydrogen) atoms. The summed E-state index contributed by atoms with van der Waals surface area (Å²) >= 11 is 0. The Morgan fingerprint density at radius 1 is 1.50 bits per heavy atom. The fraction of sp³-hybridized carbons (Fsp3) is 0.417. The summed E-state index contributed by atoms with van der Waals surface area (Å²) in [5.74, 6) is 4.00. The predicted octanol–water partition coefficient (Wildman–Crippen LogP) is 1.08. The van der Waals surface area contributed by atoms with Gasteiger partial charge in [0.25, 0.3) is 0 Å². The highest BCUT2D eigenvalue weighted by Gasteiger charge is 2.30. The van der Waals surface area contributed by atoms with Crippen LogP contribution in [0.1, 0.15) is 17.9 Å². The molecule has 1 aromatic rings. The van der Waals surface area contributed by atoms with Crippen LogP contribution in [-0.2, 0) is 4.79 Å². The molecule has 1 fully saturated rings. The van der Waals surface area contributed by atoms with Crippen LogP contribution in [0, 0.1) is 32.1 Å². The molecule has 1 unspecified atom stereocenters. The topological polar surface area (TPSA) is 46.1 Å². The number of hydrogen-bond donors (Lipinski definition) is 0. The van der Waals surface area contributed by atoms with E-state index in [1.807, 2.05) is 19.9 Å². The van der Waals surface area contributed by atoms with Crippen LogP contribution >= 0.6 is 0 Å². The van der Waals surface area contributed by atoms with E-state index in [1.165, 1.54) is 0 Å². The van der Waals surface area contributed by atoms with Crippen LogP contribution in [0.2, 0.25) is 0 Å². The van der Waals surface area contributed by atoms with Crippen LogP contribution in [0.3, 0.4) is 0 Å². The van der Waals surface area contributed by atoms with Crippen molar-refractivity contribution in [3.8, 4) is 12.3 Å². The summed E-state index contributed by atoms with van der Waals surface area (Å²) in [7, 11) is 0. The Hall–Kier alpha value is -1.89. The third kappa shape index (κ3) is 1.89. The Balaban J connectivity index is 2.32. The van der Waals surface area contributed by atoms with E-state index in [9.17, 15) is 4.79 Å². The molecule has 1 atom stereocenters. The first-order chi connectivity index (χ1) is 7.60. The first-order valence-electron chi connectivity index (χ1n) is 5.19. The number of terminal acetylenes is 1. The minimum Gasteiger partial charge on any atom is -0.295 e. The summed E-state index contributed by atoms with van der Waals surface area (Å²) in [6.45, 7) is 4.26. The molecule has 2 rings (SSSR count). The molecule has 0 saturated carbocycles. The van der Waals surface area contributed by atoms with Crippen LogP contribution in [0.4, 0.5) is 5.82 Å². The van der Waals surface area contributed by atoms with Gasteiger partial charge in [0.15, 0.2) is 0 Å². The third-order valence-corrected chi connectivity index (χ3v) is 2.59. The summed E-state index contributed by atoms with van der Waals surface area (Å²) in [5, 5.41) is 0. The molecule has 1 saturated heterocycles. The van der Waals surface area contributed by atoms with Gasteiger partial charge in [0, 0.05) is 30.6 Å². The van der Waals surface area contributed by atoms with Gasteiger partial charge in [-0.2, -0.15) is 0 Å². The SMILES string of the molecule is C#CC1CC(=O)N(c2cc(C)nc(C)n2)C1. The van der Waals surface area contributed by atoms with E-state index in [4.69, 9.17) is 6.42 Å².